The van der Waals surface area contributed by atoms with Gasteiger partial charge in [0.2, 0.25) is 5.91 Å². The van der Waals surface area contributed by atoms with Gasteiger partial charge in [-0.1, -0.05) is 43.1 Å². The first-order valence-electron chi connectivity index (χ1n) is 8.99. The molecule has 1 aromatic carbocycles. The number of nitrogens with one attached hydrogen (secondary N) is 1. The van der Waals surface area contributed by atoms with Crippen molar-refractivity contribution in [2.45, 2.75) is 32.7 Å². The number of benzene rings is 1. The van der Waals surface area contributed by atoms with Crippen LogP contribution in [0.3, 0.4) is 0 Å². The van der Waals surface area contributed by atoms with Gasteiger partial charge in [0.1, 0.15) is 12.1 Å². The Morgan fingerprint density at radius 3 is 2.44 bits per heavy atom. The van der Waals surface area contributed by atoms with E-state index in [1.54, 1.807) is 24.0 Å². The van der Waals surface area contributed by atoms with Crippen LogP contribution >= 0.6 is 23.2 Å². The van der Waals surface area contributed by atoms with Gasteiger partial charge >= 0.3 is 6.03 Å². The number of piperidine rings is 1. The van der Waals surface area contributed by atoms with Crippen molar-refractivity contribution in [2.75, 3.05) is 19.6 Å². The Morgan fingerprint density at radius 1 is 1.22 bits per heavy atom. The molecule has 3 rings (SSSR count). The Balaban J connectivity index is 1.79. The molecule has 6 nitrogen and oxygen atoms in total. The predicted molar refractivity (Wildman–Crippen MR) is 104 cm³/mol. The van der Waals surface area contributed by atoms with Crippen LogP contribution in [0, 0.1) is 11.8 Å². The molecule has 8 heteroatoms. The predicted octanol–water partition coefficient (Wildman–Crippen LogP) is 3.26. The molecule has 1 aromatic rings. The van der Waals surface area contributed by atoms with Gasteiger partial charge in [0.15, 0.2) is 0 Å². The second-order valence-electron chi connectivity index (χ2n) is 7.82. The molecule has 0 radical (unpaired) electrons. The van der Waals surface area contributed by atoms with Crippen LogP contribution in [0.2, 0.25) is 10.0 Å². The monoisotopic (exact) mass is 411 g/mol. The summed E-state index contributed by atoms with van der Waals surface area (Å²) in [5, 5.41) is 3.39. The van der Waals surface area contributed by atoms with Crippen LogP contribution in [0.5, 0.6) is 0 Å². The third-order valence-corrected chi connectivity index (χ3v) is 5.81. The lowest BCUT2D eigenvalue weighted by atomic mass is 9.91. The van der Waals surface area contributed by atoms with Crippen LogP contribution in [0.25, 0.3) is 0 Å². The van der Waals surface area contributed by atoms with E-state index in [0.29, 0.717) is 35.5 Å². The molecular formula is C19H23Cl2N3O3. The summed E-state index contributed by atoms with van der Waals surface area (Å²) in [6.07, 6.45) is 1.07. The zero-order valence-corrected chi connectivity index (χ0v) is 17.1. The summed E-state index contributed by atoms with van der Waals surface area (Å²) in [6.45, 7) is 6.80. The molecule has 0 aromatic heterocycles. The summed E-state index contributed by atoms with van der Waals surface area (Å²) in [7, 11) is 0. The third kappa shape index (κ3) is 3.78. The summed E-state index contributed by atoms with van der Waals surface area (Å²) >= 11 is 12.2. The molecule has 2 saturated heterocycles. The largest absolute Gasteiger partial charge is 0.341 e. The minimum absolute atomic E-state index is 0.219. The number of halogens is 2. The number of nitrogens with zero attached hydrogens (tertiary/aromatic N) is 2. The molecule has 0 unspecified atom stereocenters. The van der Waals surface area contributed by atoms with E-state index in [2.05, 4.69) is 19.2 Å². The number of amides is 4. The van der Waals surface area contributed by atoms with Crippen molar-refractivity contribution >= 4 is 41.0 Å². The molecule has 2 fully saturated rings. The molecule has 146 valence electrons. The fourth-order valence-corrected chi connectivity index (χ4v) is 4.62. The van der Waals surface area contributed by atoms with E-state index in [9.17, 15) is 14.4 Å². The standard InChI is InChI=1S/C19H23Cl2N3O3/c1-11-6-12(2)9-23(8-11)16(25)10-24-17(26)19(3,22-18(24)27)14-5-4-13(20)7-15(14)21/h4-5,7,11-12H,6,8-10H2,1-3H3,(H,22,27)/t11-,12-,19+/m0/s1. The molecule has 0 aliphatic carbocycles. The topological polar surface area (TPSA) is 69.7 Å². The summed E-state index contributed by atoms with van der Waals surface area (Å²) in [5.74, 6) is 0.0874. The summed E-state index contributed by atoms with van der Waals surface area (Å²) in [6, 6.07) is 4.15. The highest BCUT2D eigenvalue weighted by Crippen LogP contribution is 2.35. The van der Waals surface area contributed by atoms with Crippen molar-refractivity contribution in [3.05, 3.63) is 33.8 Å². The SMILES string of the molecule is C[C@H]1C[C@H](C)CN(C(=O)CN2C(=O)N[C@](C)(c3ccc(Cl)cc3Cl)C2=O)C1. The Labute approximate surface area is 168 Å². The molecule has 2 aliphatic heterocycles. The third-order valence-electron chi connectivity index (χ3n) is 5.26. The Morgan fingerprint density at radius 2 is 1.85 bits per heavy atom. The van der Waals surface area contributed by atoms with Crippen molar-refractivity contribution in [1.29, 1.82) is 0 Å². The highest BCUT2D eigenvalue weighted by molar-refractivity contribution is 6.35. The zero-order valence-electron chi connectivity index (χ0n) is 15.6. The van der Waals surface area contributed by atoms with Crippen LogP contribution in [-0.4, -0.2) is 47.3 Å². The molecule has 4 amide bonds. The Bertz CT molecular complexity index is 790. The minimum atomic E-state index is -1.33. The van der Waals surface area contributed by atoms with Gasteiger partial charge < -0.3 is 10.2 Å². The highest BCUT2D eigenvalue weighted by atomic mass is 35.5. The fraction of sp³-hybridized carbons (Fsp3) is 0.526. The normalized spacial score (nSPS) is 28.5. The van der Waals surface area contributed by atoms with Gasteiger partial charge in [-0.05, 0) is 37.3 Å². The highest BCUT2D eigenvalue weighted by Gasteiger charge is 2.50. The maximum absolute atomic E-state index is 13.0. The fourth-order valence-electron chi connectivity index (χ4n) is 4.02. The van der Waals surface area contributed by atoms with Gasteiger partial charge in [-0.15, -0.1) is 0 Å². The lowest BCUT2D eigenvalue weighted by Gasteiger charge is -2.35. The lowest BCUT2D eigenvalue weighted by Crippen LogP contribution is -2.48. The number of imide groups is 1. The van der Waals surface area contributed by atoms with E-state index in [0.717, 1.165) is 11.3 Å². The van der Waals surface area contributed by atoms with Crippen molar-refractivity contribution in [2.24, 2.45) is 11.8 Å². The van der Waals surface area contributed by atoms with Crippen molar-refractivity contribution in [1.82, 2.24) is 15.1 Å². The maximum Gasteiger partial charge on any atom is 0.325 e. The van der Waals surface area contributed by atoms with Gasteiger partial charge in [0.05, 0.1) is 0 Å². The first kappa shape index (κ1) is 20.0. The molecule has 2 heterocycles. The average molecular weight is 412 g/mol. The second-order valence-corrected chi connectivity index (χ2v) is 8.66. The van der Waals surface area contributed by atoms with Gasteiger partial charge in [-0.3, -0.25) is 14.5 Å². The summed E-state index contributed by atoms with van der Waals surface area (Å²) in [5.41, 5.74) is -0.885. The zero-order chi connectivity index (χ0) is 19.9. The number of hydrogen-bond donors (Lipinski definition) is 1. The first-order chi connectivity index (χ1) is 12.6. The molecule has 27 heavy (non-hydrogen) atoms. The molecular weight excluding hydrogens is 389 g/mol. The molecule has 2 aliphatic rings. The average Bonchev–Trinajstić information content (AvgIpc) is 2.77. The quantitative estimate of drug-likeness (QED) is 0.775. The molecule has 3 atom stereocenters. The van der Waals surface area contributed by atoms with E-state index in [4.69, 9.17) is 23.2 Å². The van der Waals surface area contributed by atoms with E-state index < -0.39 is 17.5 Å². The van der Waals surface area contributed by atoms with Gasteiger partial charge in [0.25, 0.3) is 5.91 Å². The first-order valence-corrected chi connectivity index (χ1v) is 9.75. The summed E-state index contributed by atoms with van der Waals surface area (Å²) < 4.78 is 0. The Kier molecular flexibility index (Phi) is 5.41. The lowest BCUT2D eigenvalue weighted by molar-refractivity contribution is -0.140. The van der Waals surface area contributed by atoms with Crippen molar-refractivity contribution in [3.8, 4) is 0 Å². The maximum atomic E-state index is 13.0. The van der Waals surface area contributed by atoms with Crippen LogP contribution in [0.15, 0.2) is 18.2 Å². The van der Waals surface area contributed by atoms with Crippen LogP contribution in [-0.2, 0) is 15.1 Å². The number of carbonyl (C=O) groups excluding carboxylic acids is 3. The van der Waals surface area contributed by atoms with E-state index in [-0.39, 0.29) is 17.5 Å². The van der Waals surface area contributed by atoms with Crippen molar-refractivity contribution in [3.63, 3.8) is 0 Å². The number of carbonyl (C=O) groups is 3. The van der Waals surface area contributed by atoms with E-state index in [1.165, 1.54) is 6.07 Å². The number of likely N-dealkylation sites (tertiary alicyclic amines) is 1. The van der Waals surface area contributed by atoms with E-state index >= 15 is 0 Å². The van der Waals surface area contributed by atoms with Gasteiger partial charge in [-0.2, -0.15) is 0 Å². The molecule has 0 saturated carbocycles. The van der Waals surface area contributed by atoms with Gasteiger partial charge in [0, 0.05) is 28.7 Å². The summed E-state index contributed by atoms with van der Waals surface area (Å²) in [4.78, 5) is 40.9. The van der Waals surface area contributed by atoms with Crippen LogP contribution in [0.4, 0.5) is 4.79 Å². The van der Waals surface area contributed by atoms with Crippen molar-refractivity contribution < 1.29 is 14.4 Å². The number of urea groups is 1. The van der Waals surface area contributed by atoms with Crippen LogP contribution in [0.1, 0.15) is 32.8 Å². The number of rotatable bonds is 3. The minimum Gasteiger partial charge on any atom is -0.341 e. The number of hydrogen-bond acceptors (Lipinski definition) is 3. The smallest absolute Gasteiger partial charge is 0.325 e. The Hall–Kier alpha value is -1.79. The second kappa shape index (κ2) is 7.32. The van der Waals surface area contributed by atoms with Gasteiger partial charge in [-0.25, -0.2) is 4.79 Å². The molecule has 0 bridgehead atoms. The molecule has 1 N–H and O–H groups in total. The molecule has 0 spiro atoms. The van der Waals surface area contributed by atoms with E-state index in [1.807, 2.05) is 0 Å². The van der Waals surface area contributed by atoms with Crippen LogP contribution < -0.4 is 5.32 Å².